The number of hydrogen-bond donors (Lipinski definition) is 1. The maximum Gasteiger partial charge on any atom is 0.125 e. The molecule has 2 rings (SSSR count). The van der Waals surface area contributed by atoms with Crippen LogP contribution in [0.25, 0.3) is 0 Å². The lowest BCUT2D eigenvalue weighted by atomic mass is 10.4. The Morgan fingerprint density at radius 3 is 2.80 bits per heavy atom. The molecule has 1 aliphatic rings. The maximum atomic E-state index is 3.97. The quantitative estimate of drug-likeness (QED) is 0.626. The molecular formula is C7H11N3. The highest BCUT2D eigenvalue weighted by molar-refractivity contribution is 5.36. The van der Waals surface area contributed by atoms with Crippen LogP contribution in [-0.2, 0) is 0 Å². The number of nitrogens with zero attached hydrogens (tertiary/aromatic N) is 2. The van der Waals surface area contributed by atoms with Crippen molar-refractivity contribution >= 4 is 5.82 Å². The van der Waals surface area contributed by atoms with E-state index in [-0.39, 0.29) is 0 Å². The SMILES string of the molecule is c1ncc(N2CCCC2)[nH]1. The van der Waals surface area contributed by atoms with Gasteiger partial charge in [0.05, 0.1) is 12.5 Å². The number of anilines is 1. The van der Waals surface area contributed by atoms with Gasteiger partial charge in [0, 0.05) is 13.1 Å². The number of aromatic amines is 1. The Labute approximate surface area is 60.1 Å². The smallest absolute Gasteiger partial charge is 0.125 e. The molecule has 1 aromatic heterocycles. The van der Waals surface area contributed by atoms with Gasteiger partial charge in [0.15, 0.2) is 0 Å². The van der Waals surface area contributed by atoms with Crippen molar-refractivity contribution in [3.63, 3.8) is 0 Å². The molecule has 0 atom stereocenters. The van der Waals surface area contributed by atoms with Crippen molar-refractivity contribution in [3.05, 3.63) is 12.5 Å². The fourth-order valence-corrected chi connectivity index (χ4v) is 1.38. The van der Waals surface area contributed by atoms with Gasteiger partial charge in [-0.25, -0.2) is 4.98 Å². The molecule has 0 spiro atoms. The Morgan fingerprint density at radius 1 is 1.40 bits per heavy atom. The molecule has 0 saturated carbocycles. The molecule has 1 saturated heterocycles. The molecule has 0 bridgehead atoms. The summed E-state index contributed by atoms with van der Waals surface area (Å²) in [5, 5.41) is 0. The average Bonchev–Trinajstić information content (AvgIpc) is 2.59. The molecule has 0 amide bonds. The molecule has 0 unspecified atom stereocenters. The molecule has 1 aliphatic heterocycles. The molecule has 3 heteroatoms. The first kappa shape index (κ1) is 5.77. The van der Waals surface area contributed by atoms with Crippen molar-refractivity contribution in [2.75, 3.05) is 18.0 Å². The molecule has 3 nitrogen and oxygen atoms in total. The molecule has 0 aromatic carbocycles. The molecule has 10 heavy (non-hydrogen) atoms. The van der Waals surface area contributed by atoms with Crippen LogP contribution >= 0.6 is 0 Å². The first-order chi connectivity index (χ1) is 4.97. The summed E-state index contributed by atoms with van der Waals surface area (Å²) in [4.78, 5) is 9.39. The molecule has 1 N–H and O–H groups in total. The lowest BCUT2D eigenvalue weighted by molar-refractivity contribution is 0.946. The van der Waals surface area contributed by atoms with Gasteiger partial charge in [-0.3, -0.25) is 0 Å². The highest BCUT2D eigenvalue weighted by atomic mass is 15.2. The minimum Gasteiger partial charge on any atom is -0.357 e. The molecule has 1 aromatic rings. The van der Waals surface area contributed by atoms with Gasteiger partial charge >= 0.3 is 0 Å². The third kappa shape index (κ3) is 0.875. The second kappa shape index (κ2) is 2.33. The lowest BCUT2D eigenvalue weighted by Gasteiger charge is -2.13. The second-order valence-corrected chi connectivity index (χ2v) is 2.63. The van der Waals surface area contributed by atoms with E-state index in [0.717, 1.165) is 5.82 Å². The zero-order valence-corrected chi connectivity index (χ0v) is 5.88. The normalized spacial score (nSPS) is 18.2. The van der Waals surface area contributed by atoms with E-state index >= 15 is 0 Å². The van der Waals surface area contributed by atoms with E-state index in [4.69, 9.17) is 0 Å². The largest absolute Gasteiger partial charge is 0.357 e. The van der Waals surface area contributed by atoms with Crippen LogP contribution in [0.2, 0.25) is 0 Å². The van der Waals surface area contributed by atoms with E-state index < -0.39 is 0 Å². The Bertz CT molecular complexity index is 187. The zero-order valence-electron chi connectivity index (χ0n) is 5.88. The fourth-order valence-electron chi connectivity index (χ4n) is 1.38. The summed E-state index contributed by atoms with van der Waals surface area (Å²) in [7, 11) is 0. The molecule has 54 valence electrons. The molecule has 1 fully saturated rings. The maximum absolute atomic E-state index is 3.97. The van der Waals surface area contributed by atoms with Gasteiger partial charge in [-0.1, -0.05) is 0 Å². The highest BCUT2D eigenvalue weighted by Gasteiger charge is 2.12. The molecular weight excluding hydrogens is 126 g/mol. The monoisotopic (exact) mass is 137 g/mol. The summed E-state index contributed by atoms with van der Waals surface area (Å²) in [5.74, 6) is 1.16. The van der Waals surface area contributed by atoms with Crippen LogP contribution < -0.4 is 4.90 Å². The first-order valence-corrected chi connectivity index (χ1v) is 3.70. The van der Waals surface area contributed by atoms with Gasteiger partial charge in [0.2, 0.25) is 0 Å². The minimum atomic E-state index is 1.16. The third-order valence-electron chi connectivity index (χ3n) is 1.93. The van der Waals surface area contributed by atoms with Gasteiger partial charge in [-0.05, 0) is 12.8 Å². The van der Waals surface area contributed by atoms with Crippen molar-refractivity contribution in [3.8, 4) is 0 Å². The van der Waals surface area contributed by atoms with Crippen molar-refractivity contribution in [1.29, 1.82) is 0 Å². The Kier molecular flexibility index (Phi) is 1.34. The summed E-state index contributed by atoms with van der Waals surface area (Å²) >= 11 is 0. The van der Waals surface area contributed by atoms with Gasteiger partial charge in [-0.2, -0.15) is 0 Å². The fraction of sp³-hybridized carbons (Fsp3) is 0.571. The Morgan fingerprint density at radius 2 is 2.20 bits per heavy atom. The van der Waals surface area contributed by atoms with E-state index in [1.165, 1.54) is 25.9 Å². The first-order valence-electron chi connectivity index (χ1n) is 3.70. The van der Waals surface area contributed by atoms with Gasteiger partial charge in [0.25, 0.3) is 0 Å². The summed E-state index contributed by atoms with van der Waals surface area (Å²) in [6, 6.07) is 0. The zero-order chi connectivity index (χ0) is 6.81. The standard InChI is InChI=1S/C7H11N3/c1-2-4-10(3-1)7-5-8-6-9-7/h5-6H,1-4H2,(H,8,9). The molecule has 2 heterocycles. The number of rotatable bonds is 1. The van der Waals surface area contributed by atoms with Crippen LogP contribution in [-0.4, -0.2) is 23.1 Å². The number of H-pyrrole nitrogens is 1. The van der Waals surface area contributed by atoms with Gasteiger partial charge in [-0.15, -0.1) is 0 Å². The van der Waals surface area contributed by atoms with E-state index in [0.29, 0.717) is 0 Å². The van der Waals surface area contributed by atoms with E-state index in [9.17, 15) is 0 Å². The van der Waals surface area contributed by atoms with Gasteiger partial charge < -0.3 is 9.88 Å². The summed E-state index contributed by atoms with van der Waals surface area (Å²) in [6.07, 6.45) is 6.25. The van der Waals surface area contributed by atoms with Crippen molar-refractivity contribution in [1.82, 2.24) is 9.97 Å². The topological polar surface area (TPSA) is 31.9 Å². The predicted molar refractivity (Wildman–Crippen MR) is 40.0 cm³/mol. The number of aromatic nitrogens is 2. The van der Waals surface area contributed by atoms with E-state index in [2.05, 4.69) is 14.9 Å². The second-order valence-electron chi connectivity index (χ2n) is 2.63. The van der Waals surface area contributed by atoms with Crippen molar-refractivity contribution < 1.29 is 0 Å². The van der Waals surface area contributed by atoms with E-state index in [1.807, 2.05) is 6.20 Å². The Hall–Kier alpha value is -0.990. The summed E-state index contributed by atoms with van der Waals surface area (Å²) < 4.78 is 0. The lowest BCUT2D eigenvalue weighted by Crippen LogP contribution is -2.17. The van der Waals surface area contributed by atoms with Gasteiger partial charge in [0.1, 0.15) is 5.82 Å². The number of hydrogen-bond acceptors (Lipinski definition) is 2. The van der Waals surface area contributed by atoms with E-state index in [1.54, 1.807) is 6.33 Å². The highest BCUT2D eigenvalue weighted by Crippen LogP contribution is 2.15. The minimum absolute atomic E-state index is 1.16. The number of imidazole rings is 1. The van der Waals surface area contributed by atoms with Crippen LogP contribution in [0.15, 0.2) is 12.5 Å². The van der Waals surface area contributed by atoms with Crippen LogP contribution in [0.3, 0.4) is 0 Å². The summed E-state index contributed by atoms with van der Waals surface area (Å²) in [5.41, 5.74) is 0. The van der Waals surface area contributed by atoms with Crippen LogP contribution in [0.4, 0.5) is 5.82 Å². The summed E-state index contributed by atoms with van der Waals surface area (Å²) in [6.45, 7) is 2.37. The van der Waals surface area contributed by atoms with Crippen molar-refractivity contribution in [2.24, 2.45) is 0 Å². The molecule has 0 radical (unpaired) electrons. The Balaban J connectivity index is 2.12. The molecule has 0 aliphatic carbocycles. The van der Waals surface area contributed by atoms with Crippen LogP contribution in [0, 0.1) is 0 Å². The predicted octanol–water partition coefficient (Wildman–Crippen LogP) is 1.01. The number of nitrogens with one attached hydrogen (secondary N) is 1. The van der Waals surface area contributed by atoms with Crippen molar-refractivity contribution in [2.45, 2.75) is 12.8 Å². The third-order valence-corrected chi connectivity index (χ3v) is 1.93. The van der Waals surface area contributed by atoms with Crippen LogP contribution in [0.1, 0.15) is 12.8 Å². The average molecular weight is 137 g/mol. The van der Waals surface area contributed by atoms with Crippen LogP contribution in [0.5, 0.6) is 0 Å².